The van der Waals surface area contributed by atoms with Gasteiger partial charge in [-0.15, -0.1) is 0 Å². The highest BCUT2D eigenvalue weighted by Crippen LogP contribution is 2.09. The van der Waals surface area contributed by atoms with Gasteiger partial charge in [0.25, 0.3) is 0 Å². The maximum Gasteiger partial charge on any atom is 0.305 e. The zero-order valence-corrected chi connectivity index (χ0v) is 11.2. The summed E-state index contributed by atoms with van der Waals surface area (Å²) < 4.78 is 4.63. The fourth-order valence-electron chi connectivity index (χ4n) is 1.78. The Balaban J connectivity index is 2.37. The molecule has 4 nitrogen and oxygen atoms in total. The van der Waals surface area contributed by atoms with E-state index in [1.165, 1.54) is 12.7 Å². The van der Waals surface area contributed by atoms with E-state index in [0.717, 1.165) is 31.7 Å². The molecule has 0 saturated heterocycles. The average molecular weight is 250 g/mol. The van der Waals surface area contributed by atoms with Gasteiger partial charge in [-0.3, -0.25) is 9.69 Å². The number of carbonyl (C=O) groups is 1. The molecule has 0 atom stereocenters. The van der Waals surface area contributed by atoms with Crippen LogP contribution < -0.4 is 5.73 Å². The van der Waals surface area contributed by atoms with Crippen molar-refractivity contribution in [1.29, 1.82) is 0 Å². The van der Waals surface area contributed by atoms with Gasteiger partial charge in [0.15, 0.2) is 0 Å². The number of nitrogens with zero attached hydrogens (tertiary/aromatic N) is 1. The second kappa shape index (κ2) is 7.71. The third-order valence-corrected chi connectivity index (χ3v) is 2.92. The monoisotopic (exact) mass is 250 g/mol. The van der Waals surface area contributed by atoms with Crippen molar-refractivity contribution in [2.75, 3.05) is 25.9 Å². The second-order valence-electron chi connectivity index (χ2n) is 4.29. The van der Waals surface area contributed by atoms with Crippen LogP contribution in [0.3, 0.4) is 0 Å². The zero-order valence-electron chi connectivity index (χ0n) is 11.2. The maximum atomic E-state index is 11.0. The quantitative estimate of drug-likeness (QED) is 0.594. The topological polar surface area (TPSA) is 55.6 Å². The molecule has 1 aromatic carbocycles. The molecule has 18 heavy (non-hydrogen) atoms. The van der Waals surface area contributed by atoms with Gasteiger partial charge in [-0.25, -0.2) is 0 Å². The standard InChI is InChI=1S/C14H22N2O2/c1-3-16(10-4-5-14(17)18-2)11-12-6-8-13(15)9-7-12/h6-9H,3-5,10-11,15H2,1-2H3. The van der Waals surface area contributed by atoms with Crippen LogP contribution in [0.15, 0.2) is 24.3 Å². The molecule has 4 heteroatoms. The minimum atomic E-state index is -0.140. The number of anilines is 1. The van der Waals surface area contributed by atoms with Gasteiger partial charge in [0, 0.05) is 18.7 Å². The number of nitrogen functional groups attached to an aromatic ring is 1. The van der Waals surface area contributed by atoms with Crippen LogP contribution in [0.4, 0.5) is 5.69 Å². The Bertz CT molecular complexity index is 363. The van der Waals surface area contributed by atoms with Crippen molar-refractivity contribution >= 4 is 11.7 Å². The second-order valence-corrected chi connectivity index (χ2v) is 4.29. The van der Waals surface area contributed by atoms with Crippen molar-refractivity contribution in [3.05, 3.63) is 29.8 Å². The molecule has 0 heterocycles. The first-order chi connectivity index (χ1) is 8.65. The zero-order chi connectivity index (χ0) is 13.4. The van der Waals surface area contributed by atoms with Gasteiger partial charge in [-0.05, 0) is 37.2 Å². The Morgan fingerprint density at radius 1 is 1.33 bits per heavy atom. The summed E-state index contributed by atoms with van der Waals surface area (Å²) in [4.78, 5) is 13.3. The van der Waals surface area contributed by atoms with Gasteiger partial charge >= 0.3 is 5.97 Å². The number of rotatable bonds is 7. The number of carbonyl (C=O) groups excluding carboxylic acids is 1. The summed E-state index contributed by atoms with van der Waals surface area (Å²) in [6.07, 6.45) is 1.31. The number of hydrogen-bond acceptors (Lipinski definition) is 4. The van der Waals surface area contributed by atoms with Crippen molar-refractivity contribution in [3.8, 4) is 0 Å². The molecule has 2 N–H and O–H groups in total. The smallest absolute Gasteiger partial charge is 0.305 e. The number of methoxy groups -OCH3 is 1. The number of ether oxygens (including phenoxy) is 1. The SMILES string of the molecule is CCN(CCCC(=O)OC)Cc1ccc(N)cc1. The summed E-state index contributed by atoms with van der Waals surface area (Å²) in [7, 11) is 1.42. The molecule has 0 spiro atoms. The van der Waals surface area contributed by atoms with Crippen LogP contribution in [0.5, 0.6) is 0 Å². The van der Waals surface area contributed by atoms with Gasteiger partial charge in [-0.1, -0.05) is 19.1 Å². The Morgan fingerprint density at radius 2 is 2.00 bits per heavy atom. The third-order valence-electron chi connectivity index (χ3n) is 2.92. The molecule has 0 radical (unpaired) electrons. The lowest BCUT2D eigenvalue weighted by atomic mass is 10.2. The molecule has 0 aromatic heterocycles. The fourth-order valence-corrected chi connectivity index (χ4v) is 1.78. The lowest BCUT2D eigenvalue weighted by Crippen LogP contribution is -2.24. The third kappa shape index (κ3) is 5.19. The highest BCUT2D eigenvalue weighted by Gasteiger charge is 2.06. The van der Waals surface area contributed by atoms with E-state index < -0.39 is 0 Å². The molecule has 0 saturated carbocycles. The summed E-state index contributed by atoms with van der Waals surface area (Å²) in [5.41, 5.74) is 7.68. The molecule has 0 amide bonds. The summed E-state index contributed by atoms with van der Waals surface area (Å²) in [5.74, 6) is -0.140. The first kappa shape index (κ1) is 14.5. The number of nitrogens with two attached hydrogens (primary N) is 1. The summed E-state index contributed by atoms with van der Waals surface area (Å²) in [5, 5.41) is 0. The van der Waals surface area contributed by atoms with Crippen molar-refractivity contribution < 1.29 is 9.53 Å². The summed E-state index contributed by atoms with van der Waals surface area (Å²) in [6.45, 7) is 4.87. The molecule has 100 valence electrons. The minimum absolute atomic E-state index is 0.140. The number of benzene rings is 1. The van der Waals surface area contributed by atoms with Crippen LogP contribution in [0, 0.1) is 0 Å². The van der Waals surface area contributed by atoms with E-state index in [1.807, 2.05) is 24.3 Å². The molecule has 0 aliphatic rings. The van der Waals surface area contributed by atoms with Crippen LogP contribution >= 0.6 is 0 Å². The molecule has 1 aromatic rings. The van der Waals surface area contributed by atoms with Crippen LogP contribution in [0.25, 0.3) is 0 Å². The van der Waals surface area contributed by atoms with Crippen molar-refractivity contribution in [1.82, 2.24) is 4.90 Å². The molecular weight excluding hydrogens is 228 g/mol. The average Bonchev–Trinajstić information content (AvgIpc) is 2.39. The minimum Gasteiger partial charge on any atom is -0.469 e. The highest BCUT2D eigenvalue weighted by atomic mass is 16.5. The maximum absolute atomic E-state index is 11.0. The van der Waals surface area contributed by atoms with Gasteiger partial charge in [0.1, 0.15) is 0 Å². The van der Waals surface area contributed by atoms with E-state index in [9.17, 15) is 4.79 Å². The van der Waals surface area contributed by atoms with Crippen LogP contribution in [-0.4, -0.2) is 31.1 Å². The van der Waals surface area contributed by atoms with Gasteiger partial charge in [0.2, 0.25) is 0 Å². The van der Waals surface area contributed by atoms with Gasteiger partial charge in [0.05, 0.1) is 7.11 Å². The lowest BCUT2D eigenvalue weighted by molar-refractivity contribution is -0.140. The number of esters is 1. The van der Waals surface area contributed by atoms with Gasteiger partial charge in [-0.2, -0.15) is 0 Å². The Kier molecular flexibility index (Phi) is 6.22. The normalized spacial score (nSPS) is 10.6. The molecule has 0 fully saturated rings. The van der Waals surface area contributed by atoms with E-state index in [4.69, 9.17) is 5.73 Å². The predicted molar refractivity (Wildman–Crippen MR) is 73.1 cm³/mol. The van der Waals surface area contributed by atoms with Crippen molar-refractivity contribution in [2.45, 2.75) is 26.3 Å². The largest absolute Gasteiger partial charge is 0.469 e. The molecule has 0 aliphatic heterocycles. The van der Waals surface area contributed by atoms with Crippen LogP contribution in [0.1, 0.15) is 25.3 Å². The van der Waals surface area contributed by atoms with Crippen molar-refractivity contribution in [3.63, 3.8) is 0 Å². The predicted octanol–water partition coefficient (Wildman–Crippen LogP) is 2.04. The van der Waals surface area contributed by atoms with E-state index in [1.54, 1.807) is 0 Å². The Labute approximate surface area is 109 Å². The van der Waals surface area contributed by atoms with Crippen LogP contribution in [0.2, 0.25) is 0 Å². The van der Waals surface area contributed by atoms with E-state index in [0.29, 0.717) is 6.42 Å². The van der Waals surface area contributed by atoms with E-state index in [2.05, 4.69) is 16.6 Å². The highest BCUT2D eigenvalue weighted by molar-refractivity contribution is 5.69. The van der Waals surface area contributed by atoms with Crippen LogP contribution in [-0.2, 0) is 16.1 Å². The molecule has 0 bridgehead atoms. The molecule has 1 rings (SSSR count). The summed E-state index contributed by atoms with van der Waals surface area (Å²) >= 11 is 0. The molecular formula is C14H22N2O2. The first-order valence-electron chi connectivity index (χ1n) is 6.29. The Hall–Kier alpha value is -1.55. The lowest BCUT2D eigenvalue weighted by Gasteiger charge is -2.20. The molecule has 0 aliphatic carbocycles. The molecule has 0 unspecified atom stereocenters. The Morgan fingerprint density at radius 3 is 2.56 bits per heavy atom. The van der Waals surface area contributed by atoms with Gasteiger partial charge < -0.3 is 10.5 Å². The first-order valence-corrected chi connectivity index (χ1v) is 6.29. The van der Waals surface area contributed by atoms with E-state index in [-0.39, 0.29) is 5.97 Å². The van der Waals surface area contributed by atoms with Crippen molar-refractivity contribution in [2.24, 2.45) is 0 Å². The fraction of sp³-hybridized carbons (Fsp3) is 0.500. The number of hydrogen-bond donors (Lipinski definition) is 1. The van der Waals surface area contributed by atoms with E-state index >= 15 is 0 Å². The summed E-state index contributed by atoms with van der Waals surface area (Å²) in [6, 6.07) is 7.91.